The fourth-order valence-electron chi connectivity index (χ4n) is 3.05. The van der Waals surface area contributed by atoms with Crippen LogP contribution < -0.4 is 10.2 Å². The molecule has 1 aromatic rings. The van der Waals surface area contributed by atoms with Crippen LogP contribution in [0.1, 0.15) is 38.2 Å². The highest BCUT2D eigenvalue weighted by atomic mass is 16.5. The van der Waals surface area contributed by atoms with Crippen LogP contribution in [-0.4, -0.2) is 41.8 Å². The molecule has 0 saturated carbocycles. The lowest BCUT2D eigenvalue weighted by Crippen LogP contribution is -2.41. The molecule has 20 heavy (non-hydrogen) atoms. The molecule has 1 fully saturated rings. The Labute approximate surface area is 121 Å². The van der Waals surface area contributed by atoms with Crippen molar-refractivity contribution in [3.05, 3.63) is 23.8 Å². The van der Waals surface area contributed by atoms with E-state index in [1.807, 2.05) is 6.07 Å². The number of methoxy groups -OCH3 is 1. The van der Waals surface area contributed by atoms with Crippen molar-refractivity contribution in [3.8, 4) is 5.75 Å². The molecule has 110 valence electrons. The summed E-state index contributed by atoms with van der Waals surface area (Å²) in [6.07, 6.45) is 4.89. The lowest BCUT2D eigenvalue weighted by molar-refractivity contribution is 0.136. The van der Waals surface area contributed by atoms with Crippen LogP contribution >= 0.6 is 0 Å². The minimum Gasteiger partial charge on any atom is -0.497 e. The number of piperidine rings is 1. The summed E-state index contributed by atoms with van der Waals surface area (Å²) in [5, 5.41) is 19.0. The van der Waals surface area contributed by atoms with Gasteiger partial charge in [-0.15, -0.1) is 0 Å². The molecule has 1 heterocycles. The van der Waals surface area contributed by atoms with Gasteiger partial charge in [-0.25, -0.2) is 0 Å². The molecule has 4 nitrogen and oxygen atoms in total. The fourth-order valence-corrected chi connectivity index (χ4v) is 3.05. The second kappa shape index (κ2) is 7.11. The molecule has 1 aliphatic rings. The molecule has 0 bridgehead atoms. The molecule has 5 heteroatoms. The number of hydrogen-bond donors (Lipinski definition) is 2. The standard InChI is InChI=1S/C15H24BNO3/c1-3-13-6-4-5-9-17(13)11-12-10-14(20-2)7-8-15(12)16(18)19/h7-8,10,13,18-19H,3-6,9,11H2,1-2H3. The van der Waals surface area contributed by atoms with Gasteiger partial charge in [-0.05, 0) is 49.0 Å². The summed E-state index contributed by atoms with van der Waals surface area (Å²) in [5.41, 5.74) is 1.52. The highest BCUT2D eigenvalue weighted by Crippen LogP contribution is 2.22. The number of nitrogens with zero attached hydrogens (tertiary/aromatic N) is 1. The first-order valence-electron chi connectivity index (χ1n) is 7.42. The van der Waals surface area contributed by atoms with Crippen molar-refractivity contribution in [1.29, 1.82) is 0 Å². The average Bonchev–Trinajstić information content (AvgIpc) is 2.47. The van der Waals surface area contributed by atoms with Crippen molar-refractivity contribution < 1.29 is 14.8 Å². The van der Waals surface area contributed by atoms with Crippen molar-refractivity contribution in [2.75, 3.05) is 13.7 Å². The van der Waals surface area contributed by atoms with E-state index in [0.29, 0.717) is 11.5 Å². The maximum Gasteiger partial charge on any atom is 0.488 e. The first kappa shape index (κ1) is 15.4. The van der Waals surface area contributed by atoms with E-state index in [-0.39, 0.29) is 0 Å². The van der Waals surface area contributed by atoms with E-state index in [9.17, 15) is 10.0 Å². The van der Waals surface area contributed by atoms with Gasteiger partial charge in [-0.1, -0.05) is 19.4 Å². The molecule has 2 N–H and O–H groups in total. The number of rotatable bonds is 5. The van der Waals surface area contributed by atoms with Crippen LogP contribution in [0.3, 0.4) is 0 Å². The van der Waals surface area contributed by atoms with Gasteiger partial charge in [0.05, 0.1) is 7.11 Å². The molecule has 1 saturated heterocycles. The van der Waals surface area contributed by atoms with Crippen molar-refractivity contribution in [1.82, 2.24) is 4.90 Å². The van der Waals surface area contributed by atoms with E-state index in [1.165, 1.54) is 19.3 Å². The minimum atomic E-state index is -1.43. The summed E-state index contributed by atoms with van der Waals surface area (Å²) in [5.74, 6) is 0.759. The van der Waals surface area contributed by atoms with Crippen molar-refractivity contribution >= 4 is 12.6 Å². The zero-order chi connectivity index (χ0) is 14.5. The van der Waals surface area contributed by atoms with E-state index >= 15 is 0 Å². The third-order valence-corrected chi connectivity index (χ3v) is 4.22. The maximum absolute atomic E-state index is 9.52. The lowest BCUT2D eigenvalue weighted by Gasteiger charge is -2.35. The van der Waals surface area contributed by atoms with Gasteiger partial charge in [0.2, 0.25) is 0 Å². The Morgan fingerprint density at radius 1 is 1.35 bits per heavy atom. The van der Waals surface area contributed by atoms with Crippen LogP contribution in [-0.2, 0) is 6.54 Å². The first-order valence-corrected chi connectivity index (χ1v) is 7.42. The largest absolute Gasteiger partial charge is 0.497 e. The summed E-state index contributed by atoms with van der Waals surface area (Å²) in [6.45, 7) is 4.05. The smallest absolute Gasteiger partial charge is 0.488 e. The second-order valence-corrected chi connectivity index (χ2v) is 5.47. The Balaban J connectivity index is 2.21. The van der Waals surface area contributed by atoms with Crippen LogP contribution in [0, 0.1) is 0 Å². The van der Waals surface area contributed by atoms with E-state index in [0.717, 1.165) is 30.8 Å². The zero-order valence-corrected chi connectivity index (χ0v) is 12.4. The predicted octanol–water partition coefficient (Wildman–Crippen LogP) is 1.14. The molecule has 1 unspecified atom stereocenters. The summed E-state index contributed by atoms with van der Waals surface area (Å²) in [6, 6.07) is 6.02. The normalized spacial score (nSPS) is 19.9. The van der Waals surface area contributed by atoms with Gasteiger partial charge >= 0.3 is 7.12 Å². The van der Waals surface area contributed by atoms with E-state index < -0.39 is 7.12 Å². The Morgan fingerprint density at radius 3 is 2.80 bits per heavy atom. The molecule has 1 aliphatic heterocycles. The van der Waals surface area contributed by atoms with Crippen molar-refractivity contribution in [2.45, 2.75) is 45.2 Å². The first-order chi connectivity index (χ1) is 9.65. The summed E-state index contributed by atoms with van der Waals surface area (Å²) >= 11 is 0. The SMILES string of the molecule is CCC1CCCCN1Cc1cc(OC)ccc1B(O)O. The van der Waals surface area contributed by atoms with Gasteiger partial charge in [-0.2, -0.15) is 0 Å². The number of hydrogen-bond acceptors (Lipinski definition) is 4. The quantitative estimate of drug-likeness (QED) is 0.792. The minimum absolute atomic E-state index is 0.575. The second-order valence-electron chi connectivity index (χ2n) is 5.47. The maximum atomic E-state index is 9.52. The molecule has 1 atom stereocenters. The lowest BCUT2D eigenvalue weighted by atomic mass is 9.76. The number of likely N-dealkylation sites (tertiary alicyclic amines) is 1. The molecule has 0 aliphatic carbocycles. The topological polar surface area (TPSA) is 52.9 Å². The summed E-state index contributed by atoms with van der Waals surface area (Å²) < 4.78 is 5.25. The van der Waals surface area contributed by atoms with Crippen molar-refractivity contribution in [2.24, 2.45) is 0 Å². The van der Waals surface area contributed by atoms with Crippen LogP contribution in [0.5, 0.6) is 5.75 Å². The van der Waals surface area contributed by atoms with Gasteiger partial charge in [0, 0.05) is 12.6 Å². The Kier molecular flexibility index (Phi) is 5.46. The molecule has 0 amide bonds. The predicted molar refractivity (Wildman–Crippen MR) is 81.2 cm³/mol. The molecule has 1 aromatic carbocycles. The Hall–Kier alpha value is -1.04. The highest BCUT2D eigenvalue weighted by Gasteiger charge is 2.24. The van der Waals surface area contributed by atoms with Crippen LogP contribution in [0.2, 0.25) is 0 Å². The van der Waals surface area contributed by atoms with Gasteiger partial charge in [0.1, 0.15) is 5.75 Å². The van der Waals surface area contributed by atoms with E-state index in [2.05, 4.69) is 11.8 Å². The molecule has 2 rings (SSSR count). The molecule has 0 spiro atoms. The van der Waals surface area contributed by atoms with Gasteiger partial charge in [0.15, 0.2) is 0 Å². The number of ether oxygens (including phenoxy) is 1. The van der Waals surface area contributed by atoms with Crippen molar-refractivity contribution in [3.63, 3.8) is 0 Å². The van der Waals surface area contributed by atoms with Gasteiger partial charge in [0.25, 0.3) is 0 Å². The van der Waals surface area contributed by atoms with Crippen LogP contribution in [0.4, 0.5) is 0 Å². The summed E-state index contributed by atoms with van der Waals surface area (Å²) in [4.78, 5) is 2.45. The Morgan fingerprint density at radius 2 is 2.15 bits per heavy atom. The average molecular weight is 277 g/mol. The van der Waals surface area contributed by atoms with E-state index in [1.54, 1.807) is 19.2 Å². The summed E-state index contributed by atoms with van der Waals surface area (Å²) in [7, 11) is 0.199. The van der Waals surface area contributed by atoms with E-state index in [4.69, 9.17) is 4.74 Å². The Bertz CT molecular complexity index is 439. The third kappa shape index (κ3) is 3.54. The third-order valence-electron chi connectivity index (χ3n) is 4.22. The van der Waals surface area contributed by atoms with Crippen LogP contribution in [0.15, 0.2) is 18.2 Å². The fraction of sp³-hybridized carbons (Fsp3) is 0.600. The van der Waals surface area contributed by atoms with Gasteiger partial charge in [-0.3, -0.25) is 4.90 Å². The molecule has 0 radical (unpaired) electrons. The molecular weight excluding hydrogens is 253 g/mol. The molecular formula is C15H24BNO3. The number of benzene rings is 1. The van der Waals surface area contributed by atoms with Gasteiger partial charge < -0.3 is 14.8 Å². The zero-order valence-electron chi connectivity index (χ0n) is 12.4. The monoisotopic (exact) mass is 277 g/mol. The van der Waals surface area contributed by atoms with Crippen LogP contribution in [0.25, 0.3) is 0 Å². The highest BCUT2D eigenvalue weighted by molar-refractivity contribution is 6.59. The molecule has 0 aromatic heterocycles.